The van der Waals surface area contributed by atoms with Crippen molar-refractivity contribution in [3.8, 4) is 5.75 Å². The third kappa shape index (κ3) is 2.84. The van der Waals surface area contributed by atoms with Gasteiger partial charge < -0.3 is 10.1 Å². The summed E-state index contributed by atoms with van der Waals surface area (Å²) in [7, 11) is 1.52. The lowest BCUT2D eigenvalue weighted by Gasteiger charge is -2.10. The van der Waals surface area contributed by atoms with Crippen molar-refractivity contribution in [1.29, 1.82) is 0 Å². The highest BCUT2D eigenvalue weighted by Gasteiger charge is 2.12. The first-order valence-electron chi connectivity index (χ1n) is 6.54. The van der Waals surface area contributed by atoms with Crippen LogP contribution in [0.1, 0.15) is 10.5 Å². The molecule has 0 saturated carbocycles. The SMILES string of the molecule is COc1ccc(Cl)cc1NC(=O)c1cnc2ccccc2n1. The summed E-state index contributed by atoms with van der Waals surface area (Å²) in [6, 6.07) is 12.3. The molecule has 0 fully saturated rings. The van der Waals surface area contributed by atoms with Crippen molar-refractivity contribution in [2.24, 2.45) is 0 Å². The lowest BCUT2D eigenvalue weighted by atomic mass is 10.2. The molecule has 3 aromatic rings. The number of nitrogens with zero attached hydrogens (tertiary/aromatic N) is 2. The standard InChI is InChI=1S/C16H12ClN3O2/c1-22-15-7-6-10(17)8-13(15)20-16(21)14-9-18-11-4-2-3-5-12(11)19-14/h2-9H,1H3,(H,20,21). The van der Waals surface area contributed by atoms with Crippen molar-refractivity contribution in [3.05, 3.63) is 59.4 Å². The normalized spacial score (nSPS) is 10.5. The Hall–Kier alpha value is -2.66. The van der Waals surface area contributed by atoms with Crippen molar-refractivity contribution in [3.63, 3.8) is 0 Å². The number of carbonyl (C=O) groups excluding carboxylic acids is 1. The molecule has 0 bridgehead atoms. The number of amides is 1. The number of rotatable bonds is 3. The van der Waals surface area contributed by atoms with E-state index in [1.165, 1.54) is 13.3 Å². The Morgan fingerprint density at radius 1 is 1.18 bits per heavy atom. The molecule has 0 unspecified atom stereocenters. The molecule has 0 spiro atoms. The molecule has 0 aliphatic heterocycles. The van der Waals surface area contributed by atoms with E-state index in [4.69, 9.17) is 16.3 Å². The molecular formula is C16H12ClN3O2. The fraction of sp³-hybridized carbons (Fsp3) is 0.0625. The van der Waals surface area contributed by atoms with E-state index < -0.39 is 0 Å². The van der Waals surface area contributed by atoms with Crippen LogP contribution < -0.4 is 10.1 Å². The van der Waals surface area contributed by atoms with Crippen molar-refractivity contribution in [2.45, 2.75) is 0 Å². The van der Waals surface area contributed by atoms with Crippen molar-refractivity contribution in [1.82, 2.24) is 9.97 Å². The molecule has 0 atom stereocenters. The summed E-state index contributed by atoms with van der Waals surface area (Å²) in [5.74, 6) is 0.144. The second-order valence-electron chi connectivity index (χ2n) is 4.54. The number of hydrogen-bond donors (Lipinski definition) is 1. The molecule has 1 aromatic heterocycles. The quantitative estimate of drug-likeness (QED) is 0.803. The van der Waals surface area contributed by atoms with Crippen LogP contribution in [-0.2, 0) is 0 Å². The van der Waals surface area contributed by atoms with Gasteiger partial charge in [-0.15, -0.1) is 0 Å². The van der Waals surface area contributed by atoms with E-state index >= 15 is 0 Å². The molecule has 1 amide bonds. The second-order valence-corrected chi connectivity index (χ2v) is 4.98. The van der Waals surface area contributed by atoms with E-state index in [1.807, 2.05) is 18.2 Å². The summed E-state index contributed by atoms with van der Waals surface area (Å²) in [6.45, 7) is 0. The highest BCUT2D eigenvalue weighted by Crippen LogP contribution is 2.28. The number of halogens is 1. The van der Waals surface area contributed by atoms with Crippen LogP contribution in [0.3, 0.4) is 0 Å². The van der Waals surface area contributed by atoms with Crippen LogP contribution in [0.2, 0.25) is 5.02 Å². The van der Waals surface area contributed by atoms with Crippen LogP contribution >= 0.6 is 11.6 Å². The summed E-state index contributed by atoms with van der Waals surface area (Å²) in [5, 5.41) is 3.23. The maximum Gasteiger partial charge on any atom is 0.275 e. The summed E-state index contributed by atoms with van der Waals surface area (Å²) in [4.78, 5) is 20.8. The molecule has 0 aliphatic carbocycles. The van der Waals surface area contributed by atoms with Gasteiger partial charge in [-0.3, -0.25) is 9.78 Å². The molecule has 6 heteroatoms. The predicted octanol–water partition coefficient (Wildman–Crippen LogP) is 3.54. The zero-order chi connectivity index (χ0) is 15.5. The number of methoxy groups -OCH3 is 1. The number of hydrogen-bond acceptors (Lipinski definition) is 4. The summed E-state index contributed by atoms with van der Waals surface area (Å²) in [6.07, 6.45) is 1.44. The zero-order valence-corrected chi connectivity index (χ0v) is 12.5. The largest absolute Gasteiger partial charge is 0.495 e. The van der Waals surface area contributed by atoms with E-state index in [0.29, 0.717) is 22.0 Å². The molecule has 2 aromatic carbocycles. The monoisotopic (exact) mass is 313 g/mol. The first-order valence-corrected chi connectivity index (χ1v) is 6.92. The number of benzene rings is 2. The van der Waals surface area contributed by atoms with Gasteiger partial charge >= 0.3 is 0 Å². The summed E-state index contributed by atoms with van der Waals surface area (Å²) >= 11 is 5.95. The molecule has 1 heterocycles. The summed E-state index contributed by atoms with van der Waals surface area (Å²) < 4.78 is 5.20. The van der Waals surface area contributed by atoms with Crippen molar-refractivity contribution >= 4 is 34.2 Å². The maximum atomic E-state index is 12.3. The molecule has 1 N–H and O–H groups in total. The molecule has 5 nitrogen and oxygen atoms in total. The molecule has 110 valence electrons. The Kier molecular flexibility index (Phi) is 3.89. The van der Waals surface area contributed by atoms with Gasteiger partial charge in [-0.1, -0.05) is 23.7 Å². The minimum Gasteiger partial charge on any atom is -0.495 e. The van der Waals surface area contributed by atoms with Gasteiger partial charge in [0.1, 0.15) is 11.4 Å². The minimum absolute atomic E-state index is 0.223. The Bertz CT molecular complexity index is 852. The van der Waals surface area contributed by atoms with Crippen LogP contribution in [0, 0.1) is 0 Å². The third-order valence-corrected chi connectivity index (χ3v) is 3.33. The lowest BCUT2D eigenvalue weighted by Crippen LogP contribution is -2.14. The Labute approximate surface area is 131 Å². The van der Waals surface area contributed by atoms with Crippen molar-refractivity contribution in [2.75, 3.05) is 12.4 Å². The van der Waals surface area contributed by atoms with Crippen LogP contribution in [0.25, 0.3) is 11.0 Å². The Morgan fingerprint density at radius 2 is 1.95 bits per heavy atom. The third-order valence-electron chi connectivity index (χ3n) is 3.09. The van der Waals surface area contributed by atoms with Crippen LogP contribution in [-0.4, -0.2) is 23.0 Å². The zero-order valence-electron chi connectivity index (χ0n) is 11.7. The first-order chi connectivity index (χ1) is 10.7. The van der Waals surface area contributed by atoms with E-state index in [-0.39, 0.29) is 11.6 Å². The number of fused-ring (bicyclic) bond motifs is 1. The number of para-hydroxylation sites is 2. The number of aromatic nitrogens is 2. The van der Waals surface area contributed by atoms with Gasteiger partial charge in [-0.2, -0.15) is 0 Å². The topological polar surface area (TPSA) is 64.1 Å². The number of carbonyl (C=O) groups is 1. The fourth-order valence-electron chi connectivity index (χ4n) is 2.03. The molecule has 22 heavy (non-hydrogen) atoms. The predicted molar refractivity (Wildman–Crippen MR) is 85.5 cm³/mol. The van der Waals surface area contributed by atoms with Gasteiger partial charge in [0.25, 0.3) is 5.91 Å². The summed E-state index contributed by atoms with van der Waals surface area (Å²) in [5.41, 5.74) is 2.10. The van der Waals surface area contributed by atoms with E-state index in [0.717, 1.165) is 5.52 Å². The van der Waals surface area contributed by atoms with E-state index in [2.05, 4.69) is 15.3 Å². The van der Waals surface area contributed by atoms with Crippen molar-refractivity contribution < 1.29 is 9.53 Å². The van der Waals surface area contributed by atoms with Gasteiger partial charge in [-0.25, -0.2) is 4.98 Å². The number of nitrogens with one attached hydrogen (secondary N) is 1. The molecule has 0 saturated heterocycles. The average molecular weight is 314 g/mol. The van der Waals surface area contributed by atoms with Gasteiger partial charge in [0, 0.05) is 5.02 Å². The first kappa shape index (κ1) is 14.3. The smallest absolute Gasteiger partial charge is 0.275 e. The number of ether oxygens (including phenoxy) is 1. The minimum atomic E-state index is -0.376. The molecule has 3 rings (SSSR count). The van der Waals surface area contributed by atoms with E-state index in [9.17, 15) is 4.79 Å². The highest BCUT2D eigenvalue weighted by atomic mass is 35.5. The average Bonchev–Trinajstić information content (AvgIpc) is 2.54. The maximum absolute atomic E-state index is 12.3. The highest BCUT2D eigenvalue weighted by molar-refractivity contribution is 6.31. The number of anilines is 1. The van der Waals surface area contributed by atoms with Gasteiger partial charge in [0.15, 0.2) is 0 Å². The Morgan fingerprint density at radius 3 is 2.73 bits per heavy atom. The van der Waals surface area contributed by atoms with Gasteiger partial charge in [0.05, 0.1) is 30.0 Å². The van der Waals surface area contributed by atoms with Gasteiger partial charge in [-0.05, 0) is 30.3 Å². The molecule has 0 aliphatic rings. The fourth-order valence-corrected chi connectivity index (χ4v) is 2.20. The van der Waals surface area contributed by atoms with Gasteiger partial charge in [0.2, 0.25) is 0 Å². The molecule has 0 radical (unpaired) electrons. The molecular weight excluding hydrogens is 302 g/mol. The van der Waals surface area contributed by atoms with Crippen LogP contribution in [0.5, 0.6) is 5.75 Å². The van der Waals surface area contributed by atoms with Crippen LogP contribution in [0.4, 0.5) is 5.69 Å². The Balaban J connectivity index is 1.91. The lowest BCUT2D eigenvalue weighted by molar-refractivity contribution is 0.102. The second kappa shape index (κ2) is 5.99. The van der Waals surface area contributed by atoms with E-state index in [1.54, 1.807) is 24.3 Å². The van der Waals surface area contributed by atoms with Crippen LogP contribution in [0.15, 0.2) is 48.7 Å².